The quantitative estimate of drug-likeness (QED) is 0.513. The van der Waals surface area contributed by atoms with Crippen molar-refractivity contribution in [1.82, 2.24) is 4.98 Å². The van der Waals surface area contributed by atoms with Gasteiger partial charge in [0, 0.05) is 6.07 Å². The molecule has 1 aromatic rings. The Hall–Kier alpha value is -0.830. The minimum absolute atomic E-state index is 0. The van der Waals surface area contributed by atoms with Crippen LogP contribution in [0.1, 0.15) is 12.8 Å². The number of halogens is 1. The topological polar surface area (TPSA) is 42.8 Å². The van der Waals surface area contributed by atoms with Crippen molar-refractivity contribution >= 4 is 5.82 Å². The molecule has 0 saturated heterocycles. The summed E-state index contributed by atoms with van der Waals surface area (Å²) in [4.78, 5) is 4.00. The van der Waals surface area contributed by atoms with E-state index < -0.39 is 0 Å². The van der Waals surface area contributed by atoms with Gasteiger partial charge in [-0.1, -0.05) is 0 Å². The average molecular weight is 186 g/mol. The van der Waals surface area contributed by atoms with E-state index in [1.165, 1.54) is 12.8 Å². The predicted molar refractivity (Wildman–Crippen MR) is 41.6 cm³/mol. The smallest absolute Gasteiger partial charge is 0.288 e. The number of aromatic nitrogens is 2. The molecule has 0 spiro atoms. The van der Waals surface area contributed by atoms with Gasteiger partial charge in [-0.25, -0.2) is 4.57 Å². The summed E-state index contributed by atoms with van der Waals surface area (Å²) in [6, 6.07) is 1.84. The summed E-state index contributed by atoms with van der Waals surface area (Å²) < 4.78 is 2.09. The lowest BCUT2D eigenvalue weighted by Crippen LogP contribution is -3.00. The van der Waals surface area contributed by atoms with E-state index >= 15 is 0 Å². The van der Waals surface area contributed by atoms with Crippen LogP contribution in [0.5, 0.6) is 0 Å². The molecule has 0 radical (unpaired) electrons. The van der Waals surface area contributed by atoms with Crippen molar-refractivity contribution < 1.29 is 17.0 Å². The number of anilines is 1. The summed E-state index contributed by atoms with van der Waals surface area (Å²) in [6.07, 6.45) is 6.53. The van der Waals surface area contributed by atoms with Gasteiger partial charge in [0.2, 0.25) is 5.82 Å². The first-order valence-corrected chi connectivity index (χ1v) is 3.95. The SMILES string of the molecule is Nc1cc[n+](CC2CC2)cn1.[Cl-]. The van der Waals surface area contributed by atoms with E-state index in [1.807, 2.05) is 12.3 Å². The predicted octanol–water partition coefficient (Wildman–Crippen LogP) is -2.63. The van der Waals surface area contributed by atoms with Crippen LogP contribution in [0.2, 0.25) is 0 Å². The van der Waals surface area contributed by atoms with Gasteiger partial charge in [-0.15, -0.1) is 0 Å². The Bertz CT molecular complexity index is 243. The molecule has 0 aliphatic heterocycles. The zero-order chi connectivity index (χ0) is 7.68. The maximum absolute atomic E-state index is 5.45. The molecule has 1 saturated carbocycles. The van der Waals surface area contributed by atoms with E-state index in [2.05, 4.69) is 9.55 Å². The Morgan fingerprint density at radius 3 is 2.83 bits per heavy atom. The Balaban J connectivity index is 0.000000720. The molecule has 2 N–H and O–H groups in total. The lowest BCUT2D eigenvalue weighted by Gasteiger charge is -1.94. The fourth-order valence-electron chi connectivity index (χ4n) is 1.10. The fraction of sp³-hybridized carbons (Fsp3) is 0.500. The minimum atomic E-state index is 0. The van der Waals surface area contributed by atoms with E-state index in [4.69, 9.17) is 5.73 Å². The van der Waals surface area contributed by atoms with Crippen LogP contribution in [0.25, 0.3) is 0 Å². The molecule has 12 heavy (non-hydrogen) atoms. The molecule has 3 nitrogen and oxygen atoms in total. The maximum atomic E-state index is 5.45. The van der Waals surface area contributed by atoms with Gasteiger partial charge in [0.15, 0.2) is 0 Å². The monoisotopic (exact) mass is 185 g/mol. The summed E-state index contributed by atoms with van der Waals surface area (Å²) in [5.41, 5.74) is 5.45. The van der Waals surface area contributed by atoms with Crippen LogP contribution >= 0.6 is 0 Å². The van der Waals surface area contributed by atoms with Crippen molar-refractivity contribution in [3.63, 3.8) is 0 Å². The summed E-state index contributed by atoms with van der Waals surface area (Å²) in [7, 11) is 0. The molecule has 0 bridgehead atoms. The van der Waals surface area contributed by atoms with Crippen molar-refractivity contribution in [3.05, 3.63) is 18.6 Å². The highest BCUT2D eigenvalue weighted by molar-refractivity contribution is 5.21. The van der Waals surface area contributed by atoms with Crippen molar-refractivity contribution in [2.24, 2.45) is 5.92 Å². The van der Waals surface area contributed by atoms with Crippen molar-refractivity contribution in [2.45, 2.75) is 19.4 Å². The lowest BCUT2D eigenvalue weighted by atomic mass is 10.4. The summed E-state index contributed by atoms with van der Waals surface area (Å²) in [5.74, 6) is 1.49. The Kier molecular flexibility index (Phi) is 2.87. The van der Waals surface area contributed by atoms with Gasteiger partial charge < -0.3 is 18.1 Å². The van der Waals surface area contributed by atoms with Crippen LogP contribution in [-0.4, -0.2) is 4.98 Å². The van der Waals surface area contributed by atoms with Crippen LogP contribution in [0.3, 0.4) is 0 Å². The first-order chi connectivity index (χ1) is 5.34. The van der Waals surface area contributed by atoms with Gasteiger partial charge in [-0.3, -0.25) is 0 Å². The van der Waals surface area contributed by atoms with E-state index in [9.17, 15) is 0 Å². The standard InChI is InChI=1S/C8H11N3.ClH/c9-8-3-4-11(6-10-8)5-7-1-2-7;/h3-4,6-7,9H,1-2,5H2;1H. The molecule has 1 aliphatic carbocycles. The molecule has 1 aromatic heterocycles. The van der Waals surface area contributed by atoms with Crippen LogP contribution in [0, 0.1) is 5.92 Å². The lowest BCUT2D eigenvalue weighted by molar-refractivity contribution is -0.702. The highest BCUT2D eigenvalue weighted by Gasteiger charge is 2.23. The maximum Gasteiger partial charge on any atom is 0.288 e. The Morgan fingerprint density at radius 2 is 2.33 bits per heavy atom. The van der Waals surface area contributed by atoms with Crippen molar-refractivity contribution in [1.29, 1.82) is 0 Å². The molecule has 1 fully saturated rings. The number of nitrogen functional groups attached to an aromatic ring is 1. The third kappa shape index (κ3) is 2.34. The second-order valence-corrected chi connectivity index (χ2v) is 3.13. The van der Waals surface area contributed by atoms with Crippen LogP contribution in [0.4, 0.5) is 5.82 Å². The third-order valence-electron chi connectivity index (χ3n) is 1.96. The normalized spacial score (nSPS) is 15.3. The summed E-state index contributed by atoms with van der Waals surface area (Å²) >= 11 is 0. The van der Waals surface area contributed by atoms with E-state index in [0.717, 1.165) is 12.5 Å². The second-order valence-electron chi connectivity index (χ2n) is 3.13. The molecule has 1 heterocycles. The molecule has 0 amide bonds. The van der Waals surface area contributed by atoms with E-state index in [-0.39, 0.29) is 12.4 Å². The van der Waals surface area contributed by atoms with Crippen molar-refractivity contribution in [3.8, 4) is 0 Å². The largest absolute Gasteiger partial charge is 1.00 e. The molecule has 2 rings (SSSR count). The second kappa shape index (κ2) is 3.72. The molecule has 66 valence electrons. The van der Waals surface area contributed by atoms with Crippen LogP contribution in [0.15, 0.2) is 18.6 Å². The first kappa shape index (κ1) is 9.26. The molecule has 1 aliphatic rings. The van der Waals surface area contributed by atoms with Crippen LogP contribution < -0.4 is 22.7 Å². The van der Waals surface area contributed by atoms with Gasteiger partial charge in [0.1, 0.15) is 0 Å². The number of hydrogen-bond acceptors (Lipinski definition) is 2. The van der Waals surface area contributed by atoms with E-state index in [1.54, 1.807) is 6.33 Å². The average Bonchev–Trinajstić information content (AvgIpc) is 2.78. The van der Waals surface area contributed by atoms with Crippen LogP contribution in [-0.2, 0) is 6.54 Å². The molecule has 0 aromatic carbocycles. The van der Waals surface area contributed by atoms with Gasteiger partial charge in [-0.05, 0) is 23.7 Å². The van der Waals surface area contributed by atoms with Gasteiger partial charge in [-0.2, -0.15) is 0 Å². The number of nitrogens with two attached hydrogens (primary N) is 1. The van der Waals surface area contributed by atoms with Gasteiger partial charge >= 0.3 is 0 Å². The molecule has 4 heteroatoms. The molecular formula is C8H12ClN3. The number of nitrogens with zero attached hydrogens (tertiary/aromatic N) is 2. The summed E-state index contributed by atoms with van der Waals surface area (Å²) in [6.45, 7) is 1.10. The third-order valence-corrected chi connectivity index (χ3v) is 1.96. The first-order valence-electron chi connectivity index (χ1n) is 3.95. The Morgan fingerprint density at radius 1 is 1.58 bits per heavy atom. The zero-order valence-corrected chi connectivity index (χ0v) is 7.54. The molecule has 0 atom stereocenters. The molecular weight excluding hydrogens is 174 g/mol. The zero-order valence-electron chi connectivity index (χ0n) is 6.78. The highest BCUT2D eigenvalue weighted by atomic mass is 35.5. The number of hydrogen-bond donors (Lipinski definition) is 1. The fourth-order valence-corrected chi connectivity index (χ4v) is 1.10. The number of rotatable bonds is 2. The summed E-state index contributed by atoms with van der Waals surface area (Å²) in [5, 5.41) is 0. The van der Waals surface area contributed by atoms with E-state index in [0.29, 0.717) is 5.82 Å². The van der Waals surface area contributed by atoms with Gasteiger partial charge in [0.05, 0.1) is 12.7 Å². The minimum Gasteiger partial charge on any atom is -1.00 e. The van der Waals surface area contributed by atoms with Gasteiger partial charge in [0.25, 0.3) is 6.33 Å². The Labute approximate surface area is 78.0 Å². The highest BCUT2D eigenvalue weighted by Crippen LogP contribution is 2.28. The van der Waals surface area contributed by atoms with Crippen molar-refractivity contribution in [2.75, 3.05) is 5.73 Å². The molecule has 0 unspecified atom stereocenters.